The summed E-state index contributed by atoms with van der Waals surface area (Å²) in [5.41, 5.74) is 5.36. The molecule has 1 aromatic carbocycles. The van der Waals surface area contributed by atoms with Crippen molar-refractivity contribution in [3.05, 3.63) is 33.3 Å². The Morgan fingerprint density at radius 1 is 1.41 bits per heavy atom. The van der Waals surface area contributed by atoms with E-state index in [1.165, 1.54) is 19.2 Å². The van der Waals surface area contributed by atoms with Gasteiger partial charge in [-0.1, -0.05) is 31.5 Å². The third-order valence-electron chi connectivity index (χ3n) is 3.44. The van der Waals surface area contributed by atoms with Crippen LogP contribution in [0.25, 0.3) is 0 Å². The van der Waals surface area contributed by atoms with E-state index < -0.39 is 25.5 Å². The van der Waals surface area contributed by atoms with Crippen LogP contribution in [0, 0.1) is 16.0 Å². The van der Waals surface area contributed by atoms with E-state index in [4.69, 9.17) is 17.3 Å². The SMILES string of the molecule is CC(C)C(N)CCN(C)S(=O)(=O)c1c(Cl)cccc1[N+](=O)[O-]. The highest BCUT2D eigenvalue weighted by Gasteiger charge is 2.32. The van der Waals surface area contributed by atoms with Crippen LogP contribution in [0.1, 0.15) is 20.3 Å². The molecule has 0 bridgehead atoms. The van der Waals surface area contributed by atoms with Crippen molar-refractivity contribution in [3.8, 4) is 0 Å². The van der Waals surface area contributed by atoms with Crippen LogP contribution in [0.5, 0.6) is 0 Å². The van der Waals surface area contributed by atoms with Gasteiger partial charge in [0, 0.05) is 25.7 Å². The number of benzene rings is 1. The van der Waals surface area contributed by atoms with Crippen LogP contribution in [0.2, 0.25) is 5.02 Å². The number of nitro groups is 1. The van der Waals surface area contributed by atoms with Gasteiger partial charge in [-0.25, -0.2) is 12.7 Å². The van der Waals surface area contributed by atoms with Gasteiger partial charge in [-0.15, -0.1) is 0 Å². The smallest absolute Gasteiger partial charge is 0.290 e. The number of sulfonamides is 1. The third-order valence-corrected chi connectivity index (χ3v) is 5.82. The molecule has 0 aliphatic carbocycles. The second kappa shape index (κ2) is 7.36. The second-order valence-electron chi connectivity index (χ2n) is 5.37. The summed E-state index contributed by atoms with van der Waals surface area (Å²) in [6, 6.07) is 3.62. The summed E-state index contributed by atoms with van der Waals surface area (Å²) in [4.78, 5) is 9.80. The molecule has 22 heavy (non-hydrogen) atoms. The Morgan fingerprint density at radius 2 is 2.00 bits per heavy atom. The van der Waals surface area contributed by atoms with Crippen molar-refractivity contribution in [1.82, 2.24) is 4.31 Å². The van der Waals surface area contributed by atoms with Crippen molar-refractivity contribution >= 4 is 27.3 Å². The summed E-state index contributed by atoms with van der Waals surface area (Å²) in [6.45, 7) is 4.04. The van der Waals surface area contributed by atoms with Crippen LogP contribution in [0.15, 0.2) is 23.1 Å². The lowest BCUT2D eigenvalue weighted by Gasteiger charge is -2.21. The molecule has 7 nitrogen and oxygen atoms in total. The fourth-order valence-electron chi connectivity index (χ4n) is 1.84. The summed E-state index contributed by atoms with van der Waals surface area (Å²) >= 11 is 5.88. The van der Waals surface area contributed by atoms with E-state index in [9.17, 15) is 18.5 Å². The van der Waals surface area contributed by atoms with E-state index in [0.717, 1.165) is 10.4 Å². The fourth-order valence-corrected chi connectivity index (χ4v) is 3.68. The normalized spacial score (nSPS) is 13.6. The molecule has 1 atom stereocenters. The zero-order valence-corrected chi connectivity index (χ0v) is 14.3. The van der Waals surface area contributed by atoms with Gasteiger partial charge >= 0.3 is 0 Å². The van der Waals surface area contributed by atoms with Crippen LogP contribution in [-0.2, 0) is 10.0 Å². The second-order valence-corrected chi connectivity index (χ2v) is 7.76. The number of hydrogen-bond donors (Lipinski definition) is 1. The lowest BCUT2D eigenvalue weighted by atomic mass is 10.0. The minimum absolute atomic E-state index is 0.154. The monoisotopic (exact) mass is 349 g/mol. The van der Waals surface area contributed by atoms with Crippen LogP contribution in [0.3, 0.4) is 0 Å². The first-order valence-electron chi connectivity index (χ1n) is 6.73. The Kier molecular flexibility index (Phi) is 6.30. The van der Waals surface area contributed by atoms with E-state index in [1.54, 1.807) is 0 Å². The highest BCUT2D eigenvalue weighted by atomic mass is 35.5. The Morgan fingerprint density at radius 3 is 2.50 bits per heavy atom. The summed E-state index contributed by atoms with van der Waals surface area (Å²) in [7, 11) is -2.71. The fraction of sp³-hybridized carbons (Fsp3) is 0.538. The Labute approximate surface area is 135 Å². The molecule has 0 amide bonds. The highest BCUT2D eigenvalue weighted by molar-refractivity contribution is 7.89. The zero-order valence-electron chi connectivity index (χ0n) is 12.7. The van der Waals surface area contributed by atoms with Crippen molar-refractivity contribution in [2.24, 2.45) is 11.7 Å². The predicted molar refractivity (Wildman–Crippen MR) is 85.4 cm³/mol. The molecule has 1 rings (SSSR count). The van der Waals surface area contributed by atoms with Gasteiger partial charge in [0.2, 0.25) is 0 Å². The van der Waals surface area contributed by atoms with Gasteiger partial charge in [-0.2, -0.15) is 0 Å². The number of hydrogen-bond acceptors (Lipinski definition) is 5. The molecule has 0 aliphatic heterocycles. The van der Waals surface area contributed by atoms with E-state index in [2.05, 4.69) is 0 Å². The van der Waals surface area contributed by atoms with Gasteiger partial charge in [-0.3, -0.25) is 10.1 Å². The third kappa shape index (κ3) is 4.16. The molecule has 124 valence electrons. The molecule has 0 aliphatic rings. The van der Waals surface area contributed by atoms with Crippen LogP contribution in [0.4, 0.5) is 5.69 Å². The summed E-state index contributed by atoms with van der Waals surface area (Å²) in [6.07, 6.45) is 0.450. The van der Waals surface area contributed by atoms with Gasteiger partial charge in [0.15, 0.2) is 4.90 Å². The molecule has 0 radical (unpaired) electrons. The van der Waals surface area contributed by atoms with Gasteiger partial charge in [0.05, 0.1) is 9.95 Å². The minimum Gasteiger partial charge on any atom is -0.327 e. The van der Waals surface area contributed by atoms with Gasteiger partial charge in [-0.05, 0) is 18.4 Å². The van der Waals surface area contributed by atoms with Gasteiger partial charge < -0.3 is 5.73 Å². The molecular weight excluding hydrogens is 330 g/mol. The van der Waals surface area contributed by atoms with Crippen molar-refractivity contribution in [1.29, 1.82) is 0 Å². The lowest BCUT2D eigenvalue weighted by Crippen LogP contribution is -2.35. The van der Waals surface area contributed by atoms with Crippen molar-refractivity contribution in [3.63, 3.8) is 0 Å². The maximum atomic E-state index is 12.6. The number of nitro benzene ring substituents is 1. The van der Waals surface area contributed by atoms with Gasteiger partial charge in [0.25, 0.3) is 15.7 Å². The number of rotatable bonds is 7. The largest absolute Gasteiger partial charge is 0.327 e. The van der Waals surface area contributed by atoms with E-state index in [-0.39, 0.29) is 23.5 Å². The predicted octanol–water partition coefficient (Wildman–Crippen LogP) is 2.24. The van der Waals surface area contributed by atoms with E-state index in [0.29, 0.717) is 6.42 Å². The van der Waals surface area contributed by atoms with Gasteiger partial charge in [0.1, 0.15) is 0 Å². The molecular formula is C13H20ClN3O4S. The average molecular weight is 350 g/mol. The standard InChI is InChI=1S/C13H20ClN3O4S/c1-9(2)11(15)7-8-16(3)22(20,21)13-10(14)5-4-6-12(13)17(18)19/h4-6,9,11H,7-8,15H2,1-3H3. The molecule has 2 N–H and O–H groups in total. The Balaban J connectivity index is 3.12. The summed E-state index contributed by atoms with van der Waals surface area (Å²) in [5.74, 6) is 0.214. The van der Waals surface area contributed by atoms with Crippen LogP contribution < -0.4 is 5.73 Å². The lowest BCUT2D eigenvalue weighted by molar-refractivity contribution is -0.387. The summed E-state index contributed by atoms with van der Waals surface area (Å²) in [5, 5.41) is 10.9. The summed E-state index contributed by atoms with van der Waals surface area (Å²) < 4.78 is 26.2. The first kappa shape index (κ1) is 18.8. The molecule has 0 fully saturated rings. The molecule has 0 heterocycles. The number of nitrogens with two attached hydrogens (primary N) is 1. The van der Waals surface area contributed by atoms with E-state index in [1.807, 2.05) is 13.8 Å². The Hall–Kier alpha value is -1.22. The molecule has 9 heteroatoms. The zero-order chi connectivity index (χ0) is 17.1. The maximum Gasteiger partial charge on any atom is 0.290 e. The van der Waals surface area contributed by atoms with Crippen molar-refractivity contribution in [2.45, 2.75) is 31.2 Å². The number of halogens is 1. The quantitative estimate of drug-likeness (QED) is 0.600. The maximum absolute atomic E-state index is 12.6. The molecule has 1 unspecified atom stereocenters. The topological polar surface area (TPSA) is 107 Å². The first-order valence-corrected chi connectivity index (χ1v) is 8.55. The van der Waals surface area contributed by atoms with Crippen molar-refractivity contribution < 1.29 is 13.3 Å². The average Bonchev–Trinajstić information content (AvgIpc) is 2.43. The minimum atomic E-state index is -4.06. The molecule has 0 saturated heterocycles. The molecule has 0 spiro atoms. The van der Waals surface area contributed by atoms with Crippen LogP contribution in [-0.4, -0.2) is 37.3 Å². The molecule has 0 aromatic heterocycles. The first-order chi connectivity index (χ1) is 10.1. The van der Waals surface area contributed by atoms with Crippen molar-refractivity contribution in [2.75, 3.05) is 13.6 Å². The molecule has 0 saturated carbocycles. The number of nitrogens with zero attached hydrogens (tertiary/aromatic N) is 2. The van der Waals surface area contributed by atoms with Crippen LogP contribution >= 0.6 is 11.6 Å². The Bertz CT molecular complexity index is 649. The highest BCUT2D eigenvalue weighted by Crippen LogP contribution is 2.32. The molecule has 1 aromatic rings. The van der Waals surface area contributed by atoms with E-state index >= 15 is 0 Å².